The van der Waals surface area contributed by atoms with Gasteiger partial charge < -0.3 is 10.0 Å². The van der Waals surface area contributed by atoms with Crippen molar-refractivity contribution in [2.45, 2.75) is 18.4 Å². The second-order valence-electron chi connectivity index (χ2n) is 6.69. The van der Waals surface area contributed by atoms with E-state index in [0.717, 1.165) is 22.3 Å². The normalized spacial score (nSPS) is 16.4. The van der Waals surface area contributed by atoms with Crippen LogP contribution in [0.5, 0.6) is 0 Å². The van der Waals surface area contributed by atoms with Gasteiger partial charge in [0, 0.05) is 29.1 Å². The molecule has 1 aliphatic rings. The van der Waals surface area contributed by atoms with Crippen LogP contribution in [0.15, 0.2) is 54.6 Å². The molecule has 3 aromatic rings. The van der Waals surface area contributed by atoms with E-state index in [0.29, 0.717) is 36.5 Å². The van der Waals surface area contributed by atoms with Gasteiger partial charge in [0.1, 0.15) is 5.82 Å². The minimum atomic E-state index is -0.895. The first-order valence-corrected chi connectivity index (χ1v) is 9.00. The Hall–Kier alpha value is -2.61. The van der Waals surface area contributed by atoms with Crippen molar-refractivity contribution >= 4 is 28.3 Å². The molecule has 5 heteroatoms. The molecule has 0 saturated carbocycles. The van der Waals surface area contributed by atoms with E-state index in [1.54, 1.807) is 6.07 Å². The molecule has 0 bridgehead atoms. The van der Waals surface area contributed by atoms with Crippen molar-refractivity contribution in [1.29, 1.82) is 5.26 Å². The number of piperidine rings is 1. The fourth-order valence-electron chi connectivity index (χ4n) is 3.57. The quantitative estimate of drug-likeness (QED) is 0.739. The second-order valence-corrected chi connectivity index (χ2v) is 7.09. The number of pyridine rings is 1. The van der Waals surface area contributed by atoms with Gasteiger partial charge >= 0.3 is 0 Å². The molecule has 4 nitrogen and oxygen atoms in total. The molecule has 0 unspecified atom stereocenters. The van der Waals surface area contributed by atoms with Crippen molar-refractivity contribution < 1.29 is 5.11 Å². The summed E-state index contributed by atoms with van der Waals surface area (Å²) in [7, 11) is 0. The Balaban J connectivity index is 1.55. The number of aliphatic hydroxyl groups is 1. The zero-order valence-corrected chi connectivity index (χ0v) is 14.9. The van der Waals surface area contributed by atoms with Gasteiger partial charge in [0.15, 0.2) is 0 Å². The van der Waals surface area contributed by atoms with Crippen LogP contribution >= 0.6 is 11.6 Å². The van der Waals surface area contributed by atoms with Crippen LogP contribution in [0, 0.1) is 11.3 Å². The predicted octanol–water partition coefficient (Wildman–Crippen LogP) is 4.25. The van der Waals surface area contributed by atoms with Crippen molar-refractivity contribution in [3.8, 4) is 6.07 Å². The van der Waals surface area contributed by atoms with Crippen molar-refractivity contribution in [3.63, 3.8) is 0 Å². The molecule has 0 atom stereocenters. The molecule has 0 aliphatic carbocycles. The van der Waals surface area contributed by atoms with E-state index in [9.17, 15) is 5.11 Å². The third-order valence-corrected chi connectivity index (χ3v) is 5.42. The number of halogens is 1. The minimum Gasteiger partial charge on any atom is -0.385 e. The molecule has 0 amide bonds. The molecule has 0 spiro atoms. The van der Waals surface area contributed by atoms with E-state index in [1.807, 2.05) is 48.5 Å². The highest BCUT2D eigenvalue weighted by Gasteiger charge is 2.35. The Bertz CT molecular complexity index is 1000. The van der Waals surface area contributed by atoms with Gasteiger partial charge in [-0.1, -0.05) is 29.8 Å². The lowest BCUT2D eigenvalue weighted by molar-refractivity contribution is 0.0118. The lowest BCUT2D eigenvalue weighted by Crippen LogP contribution is -2.43. The Kier molecular flexibility index (Phi) is 4.28. The number of hydrogen-bond acceptors (Lipinski definition) is 4. The summed E-state index contributed by atoms with van der Waals surface area (Å²) < 4.78 is 0. The Morgan fingerprint density at radius 2 is 1.85 bits per heavy atom. The summed E-state index contributed by atoms with van der Waals surface area (Å²) >= 11 is 6.28. The van der Waals surface area contributed by atoms with E-state index in [-0.39, 0.29) is 0 Å². The minimum absolute atomic E-state index is 0.601. The van der Waals surface area contributed by atoms with Crippen LogP contribution in [0.1, 0.15) is 24.0 Å². The van der Waals surface area contributed by atoms with Crippen LogP contribution in [0.3, 0.4) is 0 Å². The standard InChI is InChI=1S/C21H18ClN3O/c22-18-4-2-1-3-17(18)21(26)9-11-25(12-10-21)20-8-6-16-13-15(14-23)5-7-19(16)24-20/h1-8,13,26H,9-12H2. The van der Waals surface area contributed by atoms with Crippen molar-refractivity contribution in [3.05, 3.63) is 70.7 Å². The van der Waals surface area contributed by atoms with Gasteiger partial charge in [-0.15, -0.1) is 0 Å². The maximum absolute atomic E-state index is 11.1. The molecule has 2 aromatic carbocycles. The fourth-order valence-corrected chi connectivity index (χ4v) is 3.89. The Morgan fingerprint density at radius 3 is 2.58 bits per heavy atom. The van der Waals surface area contributed by atoms with E-state index in [1.165, 1.54) is 0 Å². The molecule has 1 aliphatic heterocycles. The summed E-state index contributed by atoms with van der Waals surface area (Å²) in [5.41, 5.74) is 1.41. The van der Waals surface area contributed by atoms with E-state index < -0.39 is 5.60 Å². The zero-order valence-electron chi connectivity index (χ0n) is 14.2. The maximum atomic E-state index is 11.1. The van der Waals surface area contributed by atoms with Crippen molar-refractivity contribution in [2.24, 2.45) is 0 Å². The highest BCUT2D eigenvalue weighted by atomic mass is 35.5. The van der Waals surface area contributed by atoms with E-state index in [2.05, 4.69) is 11.0 Å². The van der Waals surface area contributed by atoms with Crippen molar-refractivity contribution in [2.75, 3.05) is 18.0 Å². The van der Waals surface area contributed by atoms with E-state index >= 15 is 0 Å². The van der Waals surface area contributed by atoms with Crippen LogP contribution in [-0.2, 0) is 5.60 Å². The second kappa shape index (κ2) is 6.60. The number of benzene rings is 2. The lowest BCUT2D eigenvalue weighted by atomic mass is 9.84. The number of anilines is 1. The largest absolute Gasteiger partial charge is 0.385 e. The summed E-state index contributed by atoms with van der Waals surface area (Å²) in [6.07, 6.45) is 1.20. The predicted molar refractivity (Wildman–Crippen MR) is 103 cm³/mol. The van der Waals surface area contributed by atoms with Crippen LogP contribution < -0.4 is 4.90 Å². The number of fused-ring (bicyclic) bond motifs is 1. The summed E-state index contributed by atoms with van der Waals surface area (Å²) in [4.78, 5) is 6.90. The first-order chi connectivity index (χ1) is 12.6. The number of nitriles is 1. The van der Waals surface area contributed by atoms with Gasteiger partial charge in [-0.25, -0.2) is 4.98 Å². The van der Waals surface area contributed by atoms with Gasteiger partial charge in [0.2, 0.25) is 0 Å². The third-order valence-electron chi connectivity index (χ3n) is 5.09. The Morgan fingerprint density at radius 1 is 1.08 bits per heavy atom. The van der Waals surface area contributed by atoms with Crippen LogP contribution in [-0.4, -0.2) is 23.2 Å². The molecule has 1 N–H and O–H groups in total. The Labute approximate surface area is 157 Å². The van der Waals surface area contributed by atoms with Gasteiger partial charge in [-0.05, 0) is 49.2 Å². The summed E-state index contributed by atoms with van der Waals surface area (Å²) in [5.74, 6) is 0.892. The number of nitrogens with zero attached hydrogens (tertiary/aromatic N) is 3. The van der Waals surface area contributed by atoms with Gasteiger partial charge in [-0.3, -0.25) is 0 Å². The highest BCUT2D eigenvalue weighted by Crippen LogP contribution is 2.37. The van der Waals surface area contributed by atoms with Gasteiger partial charge in [0.25, 0.3) is 0 Å². The molecule has 130 valence electrons. The fraction of sp³-hybridized carbons (Fsp3) is 0.238. The smallest absolute Gasteiger partial charge is 0.129 e. The molecular weight excluding hydrogens is 346 g/mol. The van der Waals surface area contributed by atoms with Crippen LogP contribution in [0.25, 0.3) is 10.9 Å². The molecule has 0 radical (unpaired) electrons. The van der Waals surface area contributed by atoms with Gasteiger partial charge in [-0.2, -0.15) is 5.26 Å². The highest BCUT2D eigenvalue weighted by molar-refractivity contribution is 6.31. The molecule has 4 rings (SSSR count). The molecular formula is C21H18ClN3O. The summed E-state index contributed by atoms with van der Waals surface area (Å²) in [6, 6.07) is 19.1. The van der Waals surface area contributed by atoms with Gasteiger partial charge in [0.05, 0.1) is 22.8 Å². The van der Waals surface area contributed by atoms with Crippen LogP contribution in [0.2, 0.25) is 5.02 Å². The average Bonchev–Trinajstić information content (AvgIpc) is 2.68. The number of aromatic nitrogens is 1. The zero-order chi connectivity index (χ0) is 18.1. The topological polar surface area (TPSA) is 60.2 Å². The molecule has 1 saturated heterocycles. The number of hydrogen-bond donors (Lipinski definition) is 1. The molecule has 1 aromatic heterocycles. The summed E-state index contributed by atoms with van der Waals surface area (Å²) in [6.45, 7) is 1.41. The SMILES string of the molecule is N#Cc1ccc2nc(N3CCC(O)(c4ccccc4Cl)CC3)ccc2c1. The first-order valence-electron chi connectivity index (χ1n) is 8.62. The molecule has 26 heavy (non-hydrogen) atoms. The van der Waals surface area contributed by atoms with Crippen molar-refractivity contribution in [1.82, 2.24) is 4.98 Å². The summed E-state index contributed by atoms with van der Waals surface area (Å²) in [5, 5.41) is 21.6. The molecule has 2 heterocycles. The van der Waals surface area contributed by atoms with E-state index in [4.69, 9.17) is 21.8 Å². The monoisotopic (exact) mass is 363 g/mol. The third kappa shape index (κ3) is 3.01. The average molecular weight is 364 g/mol. The maximum Gasteiger partial charge on any atom is 0.129 e. The van der Waals surface area contributed by atoms with Crippen LogP contribution in [0.4, 0.5) is 5.82 Å². The molecule has 1 fully saturated rings. The first kappa shape index (κ1) is 16.8. The number of rotatable bonds is 2. The lowest BCUT2D eigenvalue weighted by Gasteiger charge is -2.39.